The molecule has 0 spiro atoms. The van der Waals surface area contributed by atoms with Crippen molar-refractivity contribution in [3.05, 3.63) is 34.2 Å². The molecule has 5 nitrogen and oxygen atoms in total. The highest BCUT2D eigenvalue weighted by Crippen LogP contribution is 2.28. The van der Waals surface area contributed by atoms with Crippen LogP contribution in [-0.4, -0.2) is 12.9 Å². The maximum absolute atomic E-state index is 11.6. The zero-order valence-corrected chi connectivity index (χ0v) is 9.44. The van der Waals surface area contributed by atoms with E-state index in [9.17, 15) is 9.59 Å². The largest absolute Gasteiger partial charge is 0.493 e. The number of carbonyl (C=O) groups is 1. The van der Waals surface area contributed by atoms with Gasteiger partial charge in [-0.3, -0.25) is 4.79 Å². The summed E-state index contributed by atoms with van der Waals surface area (Å²) in [7, 11) is 1.45. The number of ether oxygens (including phenoxy) is 1. The molecule has 1 aromatic heterocycles. The number of hydrogen-bond acceptors (Lipinski definition) is 5. The van der Waals surface area contributed by atoms with E-state index in [-0.39, 0.29) is 16.9 Å². The van der Waals surface area contributed by atoms with E-state index < -0.39 is 5.63 Å². The molecule has 2 rings (SSSR count). The molecule has 0 saturated carbocycles. The second-order valence-electron chi connectivity index (χ2n) is 3.65. The van der Waals surface area contributed by atoms with Crippen molar-refractivity contribution in [3.8, 4) is 5.75 Å². The number of rotatable bonds is 2. The first-order chi connectivity index (χ1) is 8.02. The fourth-order valence-corrected chi connectivity index (χ4v) is 1.62. The van der Waals surface area contributed by atoms with Gasteiger partial charge in [0, 0.05) is 17.1 Å². The summed E-state index contributed by atoms with van der Waals surface area (Å²) in [6.07, 6.45) is 0. The average molecular weight is 233 g/mol. The highest BCUT2D eigenvalue weighted by atomic mass is 16.5. The van der Waals surface area contributed by atoms with Crippen LogP contribution >= 0.6 is 0 Å². The Morgan fingerprint density at radius 3 is 2.65 bits per heavy atom. The van der Waals surface area contributed by atoms with Crippen LogP contribution in [0.15, 0.2) is 27.4 Å². The first-order valence-electron chi connectivity index (χ1n) is 4.95. The van der Waals surface area contributed by atoms with E-state index in [1.807, 2.05) is 0 Å². The zero-order valence-electron chi connectivity index (χ0n) is 9.44. The van der Waals surface area contributed by atoms with Gasteiger partial charge in [0.2, 0.25) is 0 Å². The van der Waals surface area contributed by atoms with E-state index in [0.29, 0.717) is 16.8 Å². The van der Waals surface area contributed by atoms with E-state index >= 15 is 0 Å². The van der Waals surface area contributed by atoms with Gasteiger partial charge in [0.1, 0.15) is 5.56 Å². The van der Waals surface area contributed by atoms with Gasteiger partial charge in [0.25, 0.3) is 0 Å². The van der Waals surface area contributed by atoms with Crippen molar-refractivity contribution in [2.45, 2.75) is 6.92 Å². The van der Waals surface area contributed by atoms with Crippen LogP contribution in [0, 0.1) is 0 Å². The summed E-state index contributed by atoms with van der Waals surface area (Å²) in [6.45, 7) is 1.31. The fourth-order valence-electron chi connectivity index (χ4n) is 1.62. The van der Waals surface area contributed by atoms with Crippen molar-refractivity contribution in [2.75, 3.05) is 12.8 Å². The lowest BCUT2D eigenvalue weighted by molar-refractivity contribution is 0.101. The van der Waals surface area contributed by atoms with Gasteiger partial charge in [-0.2, -0.15) is 0 Å². The molecule has 0 aliphatic heterocycles. The van der Waals surface area contributed by atoms with Gasteiger partial charge >= 0.3 is 5.63 Å². The number of nitrogens with two attached hydrogens (primary N) is 1. The summed E-state index contributed by atoms with van der Waals surface area (Å²) in [5, 5.41) is 0.562. The Morgan fingerprint density at radius 1 is 1.35 bits per heavy atom. The highest BCUT2D eigenvalue weighted by molar-refractivity contribution is 5.97. The molecule has 0 amide bonds. The Bertz CT molecular complexity index is 657. The Kier molecular flexibility index (Phi) is 2.59. The molecule has 2 N–H and O–H groups in total. The summed E-state index contributed by atoms with van der Waals surface area (Å²) in [6, 6.07) is 4.63. The monoisotopic (exact) mass is 233 g/mol. The quantitative estimate of drug-likeness (QED) is 0.483. The van der Waals surface area contributed by atoms with Crippen molar-refractivity contribution in [1.29, 1.82) is 0 Å². The average Bonchev–Trinajstić information content (AvgIpc) is 2.27. The molecular weight excluding hydrogens is 222 g/mol. The number of methoxy groups -OCH3 is 1. The summed E-state index contributed by atoms with van der Waals surface area (Å²) >= 11 is 0. The minimum absolute atomic E-state index is 0.00477. The van der Waals surface area contributed by atoms with E-state index in [1.165, 1.54) is 20.1 Å². The third-order valence-corrected chi connectivity index (χ3v) is 2.42. The van der Waals surface area contributed by atoms with Crippen LogP contribution in [0.1, 0.15) is 17.3 Å². The summed E-state index contributed by atoms with van der Waals surface area (Å²) in [5.74, 6) is 0.0224. The van der Waals surface area contributed by atoms with Crippen LogP contribution in [0.25, 0.3) is 11.0 Å². The Balaban J connectivity index is 2.87. The van der Waals surface area contributed by atoms with Crippen molar-refractivity contribution in [2.24, 2.45) is 0 Å². The molecule has 0 radical (unpaired) electrons. The summed E-state index contributed by atoms with van der Waals surface area (Å²) in [4.78, 5) is 22.8. The molecule has 1 aromatic carbocycles. The van der Waals surface area contributed by atoms with Crippen molar-refractivity contribution in [1.82, 2.24) is 0 Å². The minimum Gasteiger partial charge on any atom is -0.493 e. The topological polar surface area (TPSA) is 82.5 Å². The second-order valence-corrected chi connectivity index (χ2v) is 3.65. The number of benzene rings is 1. The zero-order chi connectivity index (χ0) is 12.6. The molecular formula is C12H11NO4. The SMILES string of the molecule is COc1cc(N)cc2cc(C(C)=O)c(=O)oc12. The van der Waals surface area contributed by atoms with Gasteiger partial charge in [-0.1, -0.05) is 0 Å². The molecule has 0 bridgehead atoms. The number of ketones is 1. The Hall–Kier alpha value is -2.30. The molecule has 0 unspecified atom stereocenters. The van der Waals surface area contributed by atoms with Gasteiger partial charge in [0.05, 0.1) is 7.11 Å². The first-order valence-corrected chi connectivity index (χ1v) is 4.95. The van der Waals surface area contributed by atoms with Crippen molar-refractivity contribution in [3.63, 3.8) is 0 Å². The van der Waals surface area contributed by atoms with Crippen LogP contribution in [0.3, 0.4) is 0 Å². The maximum Gasteiger partial charge on any atom is 0.347 e. The highest BCUT2D eigenvalue weighted by Gasteiger charge is 2.12. The van der Waals surface area contributed by atoms with Gasteiger partial charge in [-0.05, 0) is 19.1 Å². The van der Waals surface area contributed by atoms with Gasteiger partial charge in [0.15, 0.2) is 17.1 Å². The molecule has 1 heterocycles. The lowest BCUT2D eigenvalue weighted by atomic mass is 10.1. The minimum atomic E-state index is -0.673. The van der Waals surface area contributed by atoms with Gasteiger partial charge in [-0.25, -0.2) is 4.79 Å². The maximum atomic E-state index is 11.6. The molecule has 0 aliphatic carbocycles. The van der Waals surface area contributed by atoms with Crippen LogP contribution in [0.4, 0.5) is 5.69 Å². The Morgan fingerprint density at radius 2 is 2.06 bits per heavy atom. The molecule has 2 aromatic rings. The molecule has 5 heteroatoms. The molecule has 0 aliphatic rings. The number of hydrogen-bond donors (Lipinski definition) is 1. The van der Waals surface area contributed by atoms with E-state index in [0.717, 1.165) is 0 Å². The molecule has 0 fully saturated rings. The Labute approximate surface area is 96.8 Å². The van der Waals surface area contributed by atoms with Crippen molar-refractivity contribution >= 4 is 22.4 Å². The van der Waals surface area contributed by atoms with Gasteiger partial charge in [-0.15, -0.1) is 0 Å². The normalized spacial score (nSPS) is 10.5. The van der Waals surface area contributed by atoms with Crippen LogP contribution in [0.5, 0.6) is 5.75 Å². The lowest BCUT2D eigenvalue weighted by Crippen LogP contribution is -2.11. The van der Waals surface area contributed by atoms with E-state index in [2.05, 4.69) is 0 Å². The smallest absolute Gasteiger partial charge is 0.347 e. The van der Waals surface area contributed by atoms with Crippen LogP contribution in [0.2, 0.25) is 0 Å². The molecule has 88 valence electrons. The van der Waals surface area contributed by atoms with E-state index in [4.69, 9.17) is 14.9 Å². The predicted octanol–water partition coefficient (Wildman–Crippen LogP) is 1.59. The predicted molar refractivity (Wildman–Crippen MR) is 63.5 cm³/mol. The third-order valence-electron chi connectivity index (χ3n) is 2.42. The third kappa shape index (κ3) is 1.87. The van der Waals surface area contributed by atoms with Crippen LogP contribution < -0.4 is 16.1 Å². The van der Waals surface area contributed by atoms with Crippen molar-refractivity contribution < 1.29 is 13.9 Å². The number of fused-ring (bicyclic) bond motifs is 1. The number of anilines is 1. The number of carbonyl (C=O) groups excluding carboxylic acids is 1. The number of Topliss-reactive ketones (excluding diaryl/α,β-unsaturated/α-hetero) is 1. The second kappa shape index (κ2) is 3.93. The standard InChI is InChI=1S/C12H11NO4/c1-6(14)9-4-7-3-8(13)5-10(16-2)11(7)17-12(9)15/h3-5H,13H2,1-2H3. The van der Waals surface area contributed by atoms with Gasteiger partial charge < -0.3 is 14.9 Å². The van der Waals surface area contributed by atoms with E-state index in [1.54, 1.807) is 12.1 Å². The summed E-state index contributed by atoms with van der Waals surface area (Å²) in [5.41, 5.74) is 5.77. The van der Waals surface area contributed by atoms with Crippen LogP contribution in [-0.2, 0) is 0 Å². The molecule has 17 heavy (non-hydrogen) atoms. The lowest BCUT2D eigenvalue weighted by Gasteiger charge is -2.06. The number of nitrogen functional groups attached to an aromatic ring is 1. The summed E-state index contributed by atoms with van der Waals surface area (Å²) < 4.78 is 10.1. The fraction of sp³-hybridized carbons (Fsp3) is 0.167. The molecule has 0 atom stereocenters. The first kappa shape index (κ1) is 11.2. The molecule has 0 saturated heterocycles.